The zero-order valence-electron chi connectivity index (χ0n) is 11.4. The summed E-state index contributed by atoms with van der Waals surface area (Å²) in [5, 5.41) is 9.04. The molecule has 4 heteroatoms. The van der Waals surface area contributed by atoms with E-state index in [0.717, 1.165) is 0 Å². The fourth-order valence-electron chi connectivity index (χ4n) is 1.81. The van der Waals surface area contributed by atoms with Crippen molar-refractivity contribution in [3.8, 4) is 11.8 Å². The molecule has 0 fully saturated rings. The Kier molecular flexibility index (Phi) is 5.36. The smallest absolute Gasteiger partial charge is 0.193 e. The molecular formula is C17H14ClNO2. The van der Waals surface area contributed by atoms with E-state index in [0.29, 0.717) is 41.3 Å². The molecule has 0 N–H and O–H groups in total. The topological polar surface area (TPSA) is 50.1 Å². The van der Waals surface area contributed by atoms with Crippen LogP contribution in [-0.2, 0) is 0 Å². The monoisotopic (exact) mass is 299 g/mol. The maximum atomic E-state index is 12.2. The first-order chi connectivity index (χ1) is 10.2. The van der Waals surface area contributed by atoms with E-state index in [-0.39, 0.29) is 5.78 Å². The Morgan fingerprint density at radius 1 is 1.05 bits per heavy atom. The van der Waals surface area contributed by atoms with Crippen LogP contribution in [0.25, 0.3) is 0 Å². The van der Waals surface area contributed by atoms with Crippen LogP contribution in [0.4, 0.5) is 0 Å². The molecule has 0 amide bonds. The van der Waals surface area contributed by atoms with Gasteiger partial charge >= 0.3 is 0 Å². The van der Waals surface area contributed by atoms with E-state index >= 15 is 0 Å². The maximum absolute atomic E-state index is 12.2. The first kappa shape index (κ1) is 15.1. The van der Waals surface area contributed by atoms with Crippen LogP contribution in [0.2, 0.25) is 5.02 Å². The second-order valence-electron chi connectivity index (χ2n) is 4.47. The third-order valence-corrected chi connectivity index (χ3v) is 3.18. The van der Waals surface area contributed by atoms with Gasteiger partial charge < -0.3 is 4.74 Å². The standard InChI is InChI=1S/C17H14ClNO2/c18-15-7-3-13(4-8-15)17(20)14-5-9-16(10-6-14)21-12-2-1-11-19/h3-10H,1-2,12H2. The molecule has 0 saturated carbocycles. The highest BCUT2D eigenvalue weighted by Gasteiger charge is 2.08. The summed E-state index contributed by atoms with van der Waals surface area (Å²) in [6.07, 6.45) is 1.18. The molecule has 0 aliphatic heterocycles. The molecule has 0 atom stereocenters. The molecule has 0 aliphatic rings. The van der Waals surface area contributed by atoms with Gasteiger partial charge in [0.1, 0.15) is 5.75 Å². The van der Waals surface area contributed by atoms with Crippen LogP contribution in [0.1, 0.15) is 28.8 Å². The summed E-state index contributed by atoms with van der Waals surface area (Å²) < 4.78 is 5.48. The molecule has 0 unspecified atom stereocenters. The van der Waals surface area contributed by atoms with Crippen LogP contribution >= 0.6 is 11.6 Å². The Morgan fingerprint density at radius 3 is 2.19 bits per heavy atom. The summed E-state index contributed by atoms with van der Waals surface area (Å²) in [4.78, 5) is 12.2. The first-order valence-corrected chi connectivity index (χ1v) is 6.98. The maximum Gasteiger partial charge on any atom is 0.193 e. The van der Waals surface area contributed by atoms with E-state index in [9.17, 15) is 4.79 Å². The number of carbonyl (C=O) groups is 1. The number of nitriles is 1. The summed E-state index contributed by atoms with van der Waals surface area (Å²) in [7, 11) is 0. The highest BCUT2D eigenvalue weighted by Crippen LogP contribution is 2.17. The predicted molar refractivity (Wildman–Crippen MR) is 81.7 cm³/mol. The van der Waals surface area contributed by atoms with Gasteiger partial charge in [0.2, 0.25) is 0 Å². The van der Waals surface area contributed by atoms with Crippen LogP contribution in [-0.4, -0.2) is 12.4 Å². The lowest BCUT2D eigenvalue weighted by Gasteiger charge is -2.06. The first-order valence-electron chi connectivity index (χ1n) is 6.61. The Balaban J connectivity index is 2.00. The van der Waals surface area contributed by atoms with E-state index in [2.05, 4.69) is 6.07 Å². The summed E-state index contributed by atoms with van der Waals surface area (Å²) >= 11 is 5.81. The van der Waals surface area contributed by atoms with Crippen molar-refractivity contribution < 1.29 is 9.53 Å². The Labute approximate surface area is 128 Å². The van der Waals surface area contributed by atoms with Crippen molar-refractivity contribution in [1.29, 1.82) is 5.26 Å². The second-order valence-corrected chi connectivity index (χ2v) is 4.91. The molecule has 0 radical (unpaired) electrons. The highest BCUT2D eigenvalue weighted by molar-refractivity contribution is 6.30. The van der Waals surface area contributed by atoms with Crippen LogP contribution in [0.3, 0.4) is 0 Å². The highest BCUT2D eigenvalue weighted by atomic mass is 35.5. The van der Waals surface area contributed by atoms with E-state index in [1.54, 1.807) is 48.5 Å². The Bertz CT molecular complexity index is 642. The number of ketones is 1. The lowest BCUT2D eigenvalue weighted by molar-refractivity contribution is 0.103. The van der Waals surface area contributed by atoms with Gasteiger partial charge in [-0.2, -0.15) is 5.26 Å². The molecule has 0 saturated heterocycles. The summed E-state index contributed by atoms with van der Waals surface area (Å²) in [5.41, 5.74) is 1.20. The number of hydrogen-bond acceptors (Lipinski definition) is 3. The largest absolute Gasteiger partial charge is 0.494 e. The Morgan fingerprint density at radius 2 is 1.62 bits per heavy atom. The molecule has 0 aromatic heterocycles. The van der Waals surface area contributed by atoms with Gasteiger partial charge in [-0.05, 0) is 55.0 Å². The fourth-order valence-corrected chi connectivity index (χ4v) is 1.94. The van der Waals surface area contributed by atoms with Crippen LogP contribution in [0, 0.1) is 11.3 Å². The van der Waals surface area contributed by atoms with Crippen molar-refractivity contribution in [3.63, 3.8) is 0 Å². The van der Waals surface area contributed by atoms with Gasteiger partial charge in [0, 0.05) is 22.6 Å². The minimum Gasteiger partial charge on any atom is -0.494 e. The molecule has 2 aromatic rings. The molecule has 0 heterocycles. The fraction of sp³-hybridized carbons (Fsp3) is 0.176. The van der Waals surface area contributed by atoms with Gasteiger partial charge in [0.05, 0.1) is 12.7 Å². The average molecular weight is 300 g/mol. The van der Waals surface area contributed by atoms with E-state index in [1.807, 2.05) is 0 Å². The molecule has 106 valence electrons. The van der Waals surface area contributed by atoms with Gasteiger partial charge in [0.25, 0.3) is 0 Å². The minimum atomic E-state index is -0.0531. The van der Waals surface area contributed by atoms with Crippen molar-refractivity contribution in [2.24, 2.45) is 0 Å². The normalized spacial score (nSPS) is 9.90. The summed E-state index contributed by atoms with van der Waals surface area (Å²) in [6.45, 7) is 0.498. The number of unbranched alkanes of at least 4 members (excludes halogenated alkanes) is 1. The van der Waals surface area contributed by atoms with Crippen molar-refractivity contribution >= 4 is 17.4 Å². The van der Waals surface area contributed by atoms with Gasteiger partial charge in [-0.1, -0.05) is 11.6 Å². The van der Waals surface area contributed by atoms with Crippen LogP contribution in [0.5, 0.6) is 5.75 Å². The van der Waals surface area contributed by atoms with Crippen molar-refractivity contribution in [3.05, 3.63) is 64.7 Å². The van der Waals surface area contributed by atoms with Gasteiger partial charge in [-0.15, -0.1) is 0 Å². The summed E-state index contributed by atoms with van der Waals surface area (Å²) in [6, 6.07) is 15.9. The molecule has 21 heavy (non-hydrogen) atoms. The number of halogens is 1. The molecular weight excluding hydrogens is 286 g/mol. The van der Waals surface area contributed by atoms with Gasteiger partial charge in [0.15, 0.2) is 5.78 Å². The SMILES string of the molecule is N#CCCCOc1ccc(C(=O)c2ccc(Cl)cc2)cc1. The van der Waals surface area contributed by atoms with E-state index < -0.39 is 0 Å². The third-order valence-electron chi connectivity index (χ3n) is 2.92. The quantitative estimate of drug-likeness (QED) is 0.591. The number of hydrogen-bond donors (Lipinski definition) is 0. The number of rotatable bonds is 6. The molecule has 2 rings (SSSR count). The van der Waals surface area contributed by atoms with Crippen molar-refractivity contribution in [2.45, 2.75) is 12.8 Å². The zero-order valence-corrected chi connectivity index (χ0v) is 12.1. The van der Waals surface area contributed by atoms with E-state index in [1.165, 1.54) is 0 Å². The molecule has 0 spiro atoms. The van der Waals surface area contributed by atoms with Crippen molar-refractivity contribution in [1.82, 2.24) is 0 Å². The zero-order chi connectivity index (χ0) is 15.1. The number of nitrogens with zero attached hydrogens (tertiary/aromatic N) is 1. The van der Waals surface area contributed by atoms with Crippen LogP contribution in [0.15, 0.2) is 48.5 Å². The minimum absolute atomic E-state index is 0.0531. The van der Waals surface area contributed by atoms with E-state index in [4.69, 9.17) is 21.6 Å². The molecule has 0 bridgehead atoms. The second kappa shape index (κ2) is 7.47. The lowest BCUT2D eigenvalue weighted by atomic mass is 10.0. The average Bonchev–Trinajstić information content (AvgIpc) is 2.52. The molecule has 3 nitrogen and oxygen atoms in total. The third kappa shape index (κ3) is 4.34. The number of carbonyl (C=O) groups excluding carboxylic acids is 1. The summed E-state index contributed by atoms with van der Waals surface area (Å²) in [5.74, 6) is 0.642. The predicted octanol–water partition coefficient (Wildman–Crippen LogP) is 4.25. The number of ether oxygens (including phenoxy) is 1. The van der Waals surface area contributed by atoms with Crippen molar-refractivity contribution in [2.75, 3.05) is 6.61 Å². The van der Waals surface area contributed by atoms with Crippen LogP contribution < -0.4 is 4.74 Å². The van der Waals surface area contributed by atoms with Gasteiger partial charge in [-0.3, -0.25) is 4.79 Å². The Hall–Kier alpha value is -2.31. The lowest BCUT2D eigenvalue weighted by Crippen LogP contribution is -2.01. The molecule has 0 aliphatic carbocycles. The molecule has 2 aromatic carbocycles. The van der Waals surface area contributed by atoms with Gasteiger partial charge in [-0.25, -0.2) is 0 Å². The number of benzene rings is 2.